The SMILES string of the molecule is CC1OC(C)C(C(=O)NCC2(CC(=O)O)CCC2)C1C. The first-order valence-corrected chi connectivity index (χ1v) is 7.50. The highest BCUT2D eigenvalue weighted by atomic mass is 16.5. The molecule has 2 fully saturated rings. The van der Waals surface area contributed by atoms with Gasteiger partial charge in [-0.05, 0) is 38.0 Å². The summed E-state index contributed by atoms with van der Waals surface area (Å²) in [6.07, 6.45) is 3.01. The van der Waals surface area contributed by atoms with Gasteiger partial charge in [-0.25, -0.2) is 0 Å². The first kappa shape index (κ1) is 15.3. The molecule has 1 saturated heterocycles. The fourth-order valence-electron chi connectivity index (χ4n) is 3.52. The molecule has 4 atom stereocenters. The molecule has 2 aliphatic rings. The highest BCUT2D eigenvalue weighted by Gasteiger charge is 2.43. The van der Waals surface area contributed by atoms with E-state index in [4.69, 9.17) is 9.84 Å². The van der Waals surface area contributed by atoms with Gasteiger partial charge >= 0.3 is 5.97 Å². The third-order valence-corrected chi connectivity index (χ3v) is 5.12. The summed E-state index contributed by atoms with van der Waals surface area (Å²) >= 11 is 0. The van der Waals surface area contributed by atoms with Crippen molar-refractivity contribution in [3.63, 3.8) is 0 Å². The molecule has 4 unspecified atom stereocenters. The van der Waals surface area contributed by atoms with Crippen LogP contribution in [0.5, 0.6) is 0 Å². The van der Waals surface area contributed by atoms with Crippen molar-refractivity contribution >= 4 is 11.9 Å². The molecule has 1 saturated carbocycles. The highest BCUT2D eigenvalue weighted by Crippen LogP contribution is 2.43. The zero-order chi connectivity index (χ0) is 14.9. The predicted molar refractivity (Wildman–Crippen MR) is 74.2 cm³/mol. The normalized spacial score (nSPS) is 35.4. The lowest BCUT2D eigenvalue weighted by atomic mass is 9.66. The van der Waals surface area contributed by atoms with Crippen LogP contribution in [0.3, 0.4) is 0 Å². The molecule has 1 heterocycles. The number of ether oxygens (including phenoxy) is 1. The van der Waals surface area contributed by atoms with Crippen molar-refractivity contribution in [1.29, 1.82) is 0 Å². The lowest BCUT2D eigenvalue weighted by Gasteiger charge is -2.41. The summed E-state index contributed by atoms with van der Waals surface area (Å²) in [5.74, 6) is -0.710. The van der Waals surface area contributed by atoms with Gasteiger partial charge in [-0.1, -0.05) is 13.3 Å². The zero-order valence-corrected chi connectivity index (χ0v) is 12.5. The molecule has 1 aliphatic heterocycles. The minimum Gasteiger partial charge on any atom is -0.481 e. The average molecular weight is 283 g/mol. The maximum atomic E-state index is 12.3. The van der Waals surface area contributed by atoms with Gasteiger partial charge in [-0.3, -0.25) is 9.59 Å². The Bertz CT molecular complexity index is 391. The van der Waals surface area contributed by atoms with Gasteiger partial charge in [0, 0.05) is 6.54 Å². The molecular formula is C15H25NO4. The Morgan fingerprint density at radius 2 is 1.90 bits per heavy atom. The molecule has 1 amide bonds. The van der Waals surface area contributed by atoms with Gasteiger partial charge < -0.3 is 15.2 Å². The van der Waals surface area contributed by atoms with E-state index in [1.165, 1.54) is 0 Å². The van der Waals surface area contributed by atoms with E-state index in [-0.39, 0.29) is 41.8 Å². The van der Waals surface area contributed by atoms with Crippen LogP contribution in [0, 0.1) is 17.3 Å². The van der Waals surface area contributed by atoms with Crippen molar-refractivity contribution in [1.82, 2.24) is 5.32 Å². The summed E-state index contributed by atoms with van der Waals surface area (Å²) in [5, 5.41) is 11.9. The fraction of sp³-hybridized carbons (Fsp3) is 0.867. The number of hydrogen-bond donors (Lipinski definition) is 2. The summed E-state index contributed by atoms with van der Waals surface area (Å²) in [5.41, 5.74) is -0.223. The van der Waals surface area contributed by atoms with Gasteiger partial charge in [-0.15, -0.1) is 0 Å². The van der Waals surface area contributed by atoms with E-state index < -0.39 is 5.97 Å². The van der Waals surface area contributed by atoms with Crippen molar-refractivity contribution in [2.45, 2.75) is 58.7 Å². The summed E-state index contributed by atoms with van der Waals surface area (Å²) in [6, 6.07) is 0. The minimum atomic E-state index is -0.779. The van der Waals surface area contributed by atoms with Crippen LogP contribution in [0.2, 0.25) is 0 Å². The summed E-state index contributed by atoms with van der Waals surface area (Å²) in [4.78, 5) is 23.3. The van der Waals surface area contributed by atoms with E-state index in [1.807, 2.05) is 20.8 Å². The first-order valence-electron chi connectivity index (χ1n) is 7.50. The Kier molecular flexibility index (Phi) is 4.37. The van der Waals surface area contributed by atoms with Crippen molar-refractivity contribution in [3.8, 4) is 0 Å². The Morgan fingerprint density at radius 1 is 1.25 bits per heavy atom. The third-order valence-electron chi connectivity index (χ3n) is 5.12. The number of nitrogens with one attached hydrogen (secondary N) is 1. The van der Waals surface area contributed by atoms with E-state index in [9.17, 15) is 9.59 Å². The van der Waals surface area contributed by atoms with Crippen molar-refractivity contribution in [3.05, 3.63) is 0 Å². The van der Waals surface area contributed by atoms with Gasteiger partial charge in [0.25, 0.3) is 0 Å². The van der Waals surface area contributed by atoms with Crippen LogP contribution >= 0.6 is 0 Å². The van der Waals surface area contributed by atoms with Crippen LogP contribution in [0.25, 0.3) is 0 Å². The Hall–Kier alpha value is -1.10. The number of rotatable bonds is 5. The Labute approximate surface area is 120 Å². The molecule has 20 heavy (non-hydrogen) atoms. The number of carbonyl (C=O) groups excluding carboxylic acids is 1. The quantitative estimate of drug-likeness (QED) is 0.807. The topological polar surface area (TPSA) is 75.6 Å². The molecule has 5 heteroatoms. The van der Waals surface area contributed by atoms with Gasteiger partial charge in [0.2, 0.25) is 5.91 Å². The van der Waals surface area contributed by atoms with Crippen molar-refractivity contribution < 1.29 is 19.4 Å². The number of carbonyl (C=O) groups is 2. The van der Waals surface area contributed by atoms with Gasteiger partial charge in [0.15, 0.2) is 0 Å². The van der Waals surface area contributed by atoms with Crippen molar-refractivity contribution in [2.75, 3.05) is 6.54 Å². The highest BCUT2D eigenvalue weighted by molar-refractivity contribution is 5.80. The molecule has 5 nitrogen and oxygen atoms in total. The largest absolute Gasteiger partial charge is 0.481 e. The van der Waals surface area contributed by atoms with E-state index in [0.717, 1.165) is 19.3 Å². The molecule has 2 rings (SSSR count). The second-order valence-electron chi connectivity index (χ2n) is 6.57. The maximum Gasteiger partial charge on any atom is 0.303 e. The number of carboxylic acid groups (broad SMARTS) is 1. The lowest BCUT2D eigenvalue weighted by molar-refractivity contribution is -0.142. The second-order valence-corrected chi connectivity index (χ2v) is 6.57. The number of amides is 1. The van der Waals surface area contributed by atoms with Crippen LogP contribution in [-0.4, -0.2) is 35.7 Å². The van der Waals surface area contributed by atoms with Gasteiger partial charge in [0.1, 0.15) is 0 Å². The first-order chi connectivity index (χ1) is 9.34. The van der Waals surface area contributed by atoms with Crippen LogP contribution in [0.4, 0.5) is 0 Å². The van der Waals surface area contributed by atoms with Gasteiger partial charge in [0.05, 0.1) is 24.5 Å². The molecule has 0 aromatic carbocycles. The molecule has 2 N–H and O–H groups in total. The third kappa shape index (κ3) is 2.97. The van der Waals surface area contributed by atoms with Crippen LogP contribution in [0.1, 0.15) is 46.5 Å². The predicted octanol–water partition coefficient (Wildman–Crippen LogP) is 1.81. The molecule has 1 aliphatic carbocycles. The molecule has 0 aromatic heterocycles. The maximum absolute atomic E-state index is 12.3. The lowest BCUT2D eigenvalue weighted by Crippen LogP contribution is -2.46. The molecule has 0 aromatic rings. The minimum absolute atomic E-state index is 0.00557. The second kappa shape index (κ2) is 5.72. The monoisotopic (exact) mass is 283 g/mol. The zero-order valence-electron chi connectivity index (χ0n) is 12.5. The molecular weight excluding hydrogens is 258 g/mol. The van der Waals surface area contributed by atoms with E-state index in [1.54, 1.807) is 0 Å². The summed E-state index contributed by atoms with van der Waals surface area (Å²) < 4.78 is 5.69. The number of aliphatic carboxylic acids is 1. The van der Waals surface area contributed by atoms with Crippen LogP contribution < -0.4 is 5.32 Å². The Balaban J connectivity index is 1.90. The van der Waals surface area contributed by atoms with Crippen LogP contribution in [-0.2, 0) is 14.3 Å². The van der Waals surface area contributed by atoms with Crippen LogP contribution in [0.15, 0.2) is 0 Å². The van der Waals surface area contributed by atoms with Crippen molar-refractivity contribution in [2.24, 2.45) is 17.3 Å². The number of carboxylic acids is 1. The molecule has 0 bridgehead atoms. The molecule has 0 spiro atoms. The smallest absolute Gasteiger partial charge is 0.303 e. The van der Waals surface area contributed by atoms with Gasteiger partial charge in [-0.2, -0.15) is 0 Å². The number of hydrogen-bond acceptors (Lipinski definition) is 3. The molecule has 114 valence electrons. The summed E-state index contributed by atoms with van der Waals surface area (Å²) in [7, 11) is 0. The average Bonchev–Trinajstić information content (AvgIpc) is 2.56. The Morgan fingerprint density at radius 3 is 2.30 bits per heavy atom. The fourth-order valence-corrected chi connectivity index (χ4v) is 3.52. The van der Waals surface area contributed by atoms with E-state index in [0.29, 0.717) is 6.54 Å². The standard InChI is InChI=1S/C15H25NO4/c1-9-10(2)20-11(3)13(9)14(19)16-8-15(5-4-6-15)7-12(17)18/h9-11,13H,4-8H2,1-3H3,(H,16,19)(H,17,18). The molecule has 0 radical (unpaired) electrons. The summed E-state index contributed by atoms with van der Waals surface area (Å²) in [6.45, 7) is 6.43. The van der Waals surface area contributed by atoms with E-state index >= 15 is 0 Å². The van der Waals surface area contributed by atoms with E-state index in [2.05, 4.69) is 5.32 Å².